The molecule has 1 aliphatic rings. The van der Waals surface area contributed by atoms with Crippen LogP contribution in [0.4, 0.5) is 0 Å². The molecule has 1 N–H and O–H groups in total. The van der Waals surface area contributed by atoms with Crippen LogP contribution in [-0.2, 0) is 9.53 Å². The molecule has 2 atom stereocenters. The van der Waals surface area contributed by atoms with E-state index in [1.165, 1.54) is 0 Å². The molecule has 4 heteroatoms. The summed E-state index contributed by atoms with van der Waals surface area (Å²) >= 11 is 0. The molecule has 1 aliphatic heterocycles. The standard InChI is InChI=1S/C14H28N2O2/c1-5-8-15-14(11-13(17)18-6-2)7-9-16(4)12(3)10-14/h12,15H,5-11H2,1-4H3. The van der Waals surface area contributed by atoms with Gasteiger partial charge in [0.1, 0.15) is 0 Å². The van der Waals surface area contributed by atoms with Crippen molar-refractivity contribution in [2.24, 2.45) is 0 Å². The third-order valence-corrected chi connectivity index (χ3v) is 3.92. The number of carbonyl (C=O) groups is 1. The number of rotatable bonds is 6. The number of hydrogen-bond donors (Lipinski definition) is 1. The fourth-order valence-corrected chi connectivity index (χ4v) is 2.70. The van der Waals surface area contributed by atoms with Crippen molar-refractivity contribution in [1.29, 1.82) is 0 Å². The Morgan fingerprint density at radius 2 is 2.22 bits per heavy atom. The highest BCUT2D eigenvalue weighted by Crippen LogP contribution is 2.29. The Kier molecular flexibility index (Phi) is 6.09. The SMILES string of the molecule is CCCNC1(CC(=O)OCC)CCN(C)C(C)C1. The molecule has 1 heterocycles. The van der Waals surface area contributed by atoms with Crippen molar-refractivity contribution in [2.75, 3.05) is 26.7 Å². The van der Waals surface area contributed by atoms with Gasteiger partial charge in [-0.15, -0.1) is 0 Å². The largest absolute Gasteiger partial charge is 0.466 e. The summed E-state index contributed by atoms with van der Waals surface area (Å²) in [6.45, 7) is 8.72. The Morgan fingerprint density at radius 3 is 2.78 bits per heavy atom. The summed E-state index contributed by atoms with van der Waals surface area (Å²) in [6, 6.07) is 0.512. The number of esters is 1. The Balaban J connectivity index is 2.66. The quantitative estimate of drug-likeness (QED) is 0.736. The van der Waals surface area contributed by atoms with Crippen LogP contribution in [0.5, 0.6) is 0 Å². The van der Waals surface area contributed by atoms with E-state index in [1.54, 1.807) is 0 Å². The van der Waals surface area contributed by atoms with E-state index in [9.17, 15) is 4.79 Å². The topological polar surface area (TPSA) is 41.6 Å². The van der Waals surface area contributed by atoms with Crippen molar-refractivity contribution >= 4 is 5.97 Å². The zero-order valence-corrected chi connectivity index (χ0v) is 12.3. The average Bonchev–Trinajstić information content (AvgIpc) is 2.32. The molecule has 1 saturated heterocycles. The first kappa shape index (κ1) is 15.4. The lowest BCUT2D eigenvalue weighted by Crippen LogP contribution is -2.56. The minimum Gasteiger partial charge on any atom is -0.466 e. The molecule has 0 bridgehead atoms. The first-order chi connectivity index (χ1) is 8.53. The minimum absolute atomic E-state index is 0.0613. The number of carbonyl (C=O) groups excluding carboxylic acids is 1. The number of nitrogens with one attached hydrogen (secondary N) is 1. The van der Waals surface area contributed by atoms with E-state index in [4.69, 9.17) is 4.74 Å². The van der Waals surface area contributed by atoms with Crippen LogP contribution in [0.25, 0.3) is 0 Å². The van der Waals surface area contributed by atoms with Crippen LogP contribution in [0.15, 0.2) is 0 Å². The molecule has 0 spiro atoms. The second-order valence-electron chi connectivity index (χ2n) is 5.47. The molecule has 1 fully saturated rings. The molecule has 0 aromatic rings. The van der Waals surface area contributed by atoms with Gasteiger partial charge >= 0.3 is 5.97 Å². The lowest BCUT2D eigenvalue weighted by molar-refractivity contribution is -0.145. The predicted molar refractivity (Wildman–Crippen MR) is 73.6 cm³/mol. The van der Waals surface area contributed by atoms with Crippen LogP contribution < -0.4 is 5.32 Å². The average molecular weight is 256 g/mol. The molecule has 4 nitrogen and oxygen atoms in total. The molecular weight excluding hydrogens is 228 g/mol. The number of likely N-dealkylation sites (tertiary alicyclic amines) is 1. The van der Waals surface area contributed by atoms with E-state index in [-0.39, 0.29) is 11.5 Å². The van der Waals surface area contributed by atoms with E-state index >= 15 is 0 Å². The van der Waals surface area contributed by atoms with Gasteiger partial charge in [-0.3, -0.25) is 4.79 Å². The normalized spacial score (nSPS) is 29.2. The lowest BCUT2D eigenvalue weighted by atomic mass is 9.81. The van der Waals surface area contributed by atoms with Gasteiger partial charge in [-0.2, -0.15) is 0 Å². The first-order valence-electron chi connectivity index (χ1n) is 7.14. The van der Waals surface area contributed by atoms with E-state index in [0.29, 0.717) is 19.1 Å². The Hall–Kier alpha value is -0.610. The van der Waals surface area contributed by atoms with E-state index in [1.807, 2.05) is 6.92 Å². The summed E-state index contributed by atoms with van der Waals surface area (Å²) in [7, 11) is 2.15. The molecule has 0 radical (unpaired) electrons. The number of piperidine rings is 1. The third-order valence-electron chi connectivity index (χ3n) is 3.92. The highest BCUT2D eigenvalue weighted by Gasteiger charge is 2.38. The summed E-state index contributed by atoms with van der Waals surface area (Å²) in [5.41, 5.74) is -0.0613. The number of hydrogen-bond acceptors (Lipinski definition) is 4. The summed E-state index contributed by atoms with van der Waals surface area (Å²) in [5.74, 6) is -0.0714. The van der Waals surface area contributed by atoms with Crippen molar-refractivity contribution in [2.45, 2.75) is 58.0 Å². The van der Waals surface area contributed by atoms with Gasteiger partial charge in [0.25, 0.3) is 0 Å². The predicted octanol–water partition coefficient (Wildman–Crippen LogP) is 1.79. The van der Waals surface area contributed by atoms with Crippen molar-refractivity contribution < 1.29 is 9.53 Å². The molecule has 0 aromatic heterocycles. The fourth-order valence-electron chi connectivity index (χ4n) is 2.70. The molecule has 106 valence electrons. The maximum atomic E-state index is 11.8. The van der Waals surface area contributed by atoms with Crippen molar-refractivity contribution in [3.8, 4) is 0 Å². The number of nitrogens with zero attached hydrogens (tertiary/aromatic N) is 1. The van der Waals surface area contributed by atoms with Gasteiger partial charge in [-0.1, -0.05) is 6.92 Å². The van der Waals surface area contributed by atoms with Crippen LogP contribution in [0.3, 0.4) is 0 Å². The molecule has 0 amide bonds. The number of ether oxygens (including phenoxy) is 1. The molecular formula is C14H28N2O2. The van der Waals surface area contributed by atoms with Crippen LogP contribution in [0.2, 0.25) is 0 Å². The Labute approximate surface area is 111 Å². The van der Waals surface area contributed by atoms with Gasteiger partial charge in [-0.05, 0) is 53.2 Å². The zero-order chi connectivity index (χ0) is 13.6. The minimum atomic E-state index is -0.0714. The molecule has 18 heavy (non-hydrogen) atoms. The smallest absolute Gasteiger partial charge is 0.307 e. The van der Waals surface area contributed by atoms with Gasteiger partial charge in [0.2, 0.25) is 0 Å². The summed E-state index contributed by atoms with van der Waals surface area (Å²) in [4.78, 5) is 14.2. The van der Waals surface area contributed by atoms with Crippen LogP contribution in [0, 0.1) is 0 Å². The summed E-state index contributed by atoms with van der Waals surface area (Å²) < 4.78 is 5.12. The molecule has 1 rings (SSSR count). The first-order valence-corrected chi connectivity index (χ1v) is 7.14. The van der Waals surface area contributed by atoms with Crippen LogP contribution in [0.1, 0.15) is 46.5 Å². The lowest BCUT2D eigenvalue weighted by Gasteiger charge is -2.44. The van der Waals surface area contributed by atoms with Gasteiger partial charge in [-0.25, -0.2) is 0 Å². The van der Waals surface area contributed by atoms with Crippen LogP contribution >= 0.6 is 0 Å². The van der Waals surface area contributed by atoms with Crippen LogP contribution in [-0.4, -0.2) is 49.2 Å². The fraction of sp³-hybridized carbons (Fsp3) is 0.929. The maximum Gasteiger partial charge on any atom is 0.307 e. The molecule has 0 saturated carbocycles. The third kappa shape index (κ3) is 4.25. The van der Waals surface area contributed by atoms with Gasteiger partial charge < -0.3 is 15.0 Å². The van der Waals surface area contributed by atoms with E-state index in [2.05, 4.69) is 31.1 Å². The monoisotopic (exact) mass is 256 g/mol. The highest BCUT2D eigenvalue weighted by molar-refractivity contribution is 5.71. The second kappa shape index (κ2) is 7.10. The summed E-state index contributed by atoms with van der Waals surface area (Å²) in [5, 5.41) is 3.60. The second-order valence-corrected chi connectivity index (χ2v) is 5.47. The molecule has 0 aromatic carbocycles. The van der Waals surface area contributed by atoms with Gasteiger partial charge in [0.05, 0.1) is 13.0 Å². The van der Waals surface area contributed by atoms with Crippen molar-refractivity contribution in [1.82, 2.24) is 10.2 Å². The maximum absolute atomic E-state index is 11.8. The van der Waals surface area contributed by atoms with Gasteiger partial charge in [0, 0.05) is 11.6 Å². The Morgan fingerprint density at radius 1 is 1.50 bits per heavy atom. The Bertz CT molecular complexity index is 267. The molecule has 0 aliphatic carbocycles. The van der Waals surface area contributed by atoms with Crippen molar-refractivity contribution in [3.05, 3.63) is 0 Å². The van der Waals surface area contributed by atoms with E-state index in [0.717, 1.165) is 32.4 Å². The highest BCUT2D eigenvalue weighted by atomic mass is 16.5. The van der Waals surface area contributed by atoms with Gasteiger partial charge in [0.15, 0.2) is 0 Å². The van der Waals surface area contributed by atoms with Crippen molar-refractivity contribution in [3.63, 3.8) is 0 Å². The zero-order valence-electron chi connectivity index (χ0n) is 12.3. The van der Waals surface area contributed by atoms with E-state index < -0.39 is 0 Å². The molecule has 2 unspecified atom stereocenters. The summed E-state index contributed by atoms with van der Waals surface area (Å²) in [6.07, 6.45) is 3.63.